The van der Waals surface area contributed by atoms with Gasteiger partial charge in [-0.3, -0.25) is 0 Å². The van der Waals surface area contributed by atoms with Gasteiger partial charge in [0.1, 0.15) is 6.10 Å². The standard InChI is InChI=1S/C27H40ClNO5/c1-17(2)21(15-23-18(3)33-23)25-26(32-6)22(13-14-27(25,31)16-28)34-24(30)12-9-19-7-10-20(11-8-19)29(4)5/h7-12,17-18,21-23,25-26,31H,13-16H2,1-6H3/b12-9+. The molecule has 0 amide bonds. The molecule has 1 aromatic carbocycles. The predicted octanol–water partition coefficient (Wildman–Crippen LogP) is 4.52. The second kappa shape index (κ2) is 11.4. The molecule has 7 heteroatoms. The summed E-state index contributed by atoms with van der Waals surface area (Å²) in [5.74, 6) is -0.158. The Morgan fingerprint density at radius 2 is 1.97 bits per heavy atom. The van der Waals surface area contributed by atoms with Crippen LogP contribution in [0.2, 0.25) is 0 Å². The molecule has 1 aliphatic carbocycles. The minimum Gasteiger partial charge on any atom is -0.456 e. The predicted molar refractivity (Wildman–Crippen MR) is 136 cm³/mol. The molecule has 1 heterocycles. The van der Waals surface area contributed by atoms with E-state index in [1.807, 2.05) is 43.3 Å². The number of anilines is 1. The summed E-state index contributed by atoms with van der Waals surface area (Å²) in [6.45, 7) is 6.37. The minimum absolute atomic E-state index is 0.116. The molecule has 7 unspecified atom stereocenters. The molecule has 0 spiro atoms. The summed E-state index contributed by atoms with van der Waals surface area (Å²) < 4.78 is 17.5. The number of carbonyl (C=O) groups is 1. The first-order valence-corrected chi connectivity index (χ1v) is 12.8. The lowest BCUT2D eigenvalue weighted by Gasteiger charge is -2.50. The van der Waals surface area contributed by atoms with Gasteiger partial charge in [-0.15, -0.1) is 11.6 Å². The SMILES string of the molecule is COC1C(OC(=O)/C=C/c2ccc(N(C)C)cc2)CCC(O)(CCl)C1C(CC1OC1C)C(C)C. The number of ether oxygens (including phenoxy) is 3. The molecular formula is C27H40ClNO5. The van der Waals surface area contributed by atoms with Crippen molar-refractivity contribution in [2.24, 2.45) is 17.8 Å². The lowest BCUT2D eigenvalue weighted by atomic mass is 9.63. The zero-order valence-electron chi connectivity index (χ0n) is 21.2. The van der Waals surface area contributed by atoms with Gasteiger partial charge in [-0.1, -0.05) is 26.0 Å². The number of epoxide rings is 1. The van der Waals surface area contributed by atoms with Crippen LogP contribution in [0.1, 0.15) is 45.6 Å². The molecule has 0 bridgehead atoms. The van der Waals surface area contributed by atoms with Crippen molar-refractivity contribution in [2.75, 3.05) is 32.0 Å². The van der Waals surface area contributed by atoms with Crippen molar-refractivity contribution in [3.63, 3.8) is 0 Å². The average molecular weight is 494 g/mol. The fourth-order valence-corrected chi connectivity index (χ4v) is 5.61. The normalized spacial score (nSPS) is 32.1. The molecule has 6 nitrogen and oxygen atoms in total. The molecule has 0 aromatic heterocycles. The molecule has 1 saturated heterocycles. The molecule has 1 N–H and O–H groups in total. The van der Waals surface area contributed by atoms with E-state index in [1.165, 1.54) is 6.08 Å². The van der Waals surface area contributed by atoms with E-state index in [4.69, 9.17) is 25.8 Å². The van der Waals surface area contributed by atoms with Crippen LogP contribution >= 0.6 is 11.6 Å². The third kappa shape index (κ3) is 6.34. The quantitative estimate of drug-likeness (QED) is 0.223. The number of halogens is 1. The molecule has 1 aliphatic heterocycles. The van der Waals surface area contributed by atoms with Crippen LogP contribution in [0.3, 0.4) is 0 Å². The largest absolute Gasteiger partial charge is 0.456 e. The van der Waals surface area contributed by atoms with Gasteiger partial charge in [0, 0.05) is 38.9 Å². The van der Waals surface area contributed by atoms with E-state index in [0.29, 0.717) is 12.8 Å². The number of hydrogen-bond donors (Lipinski definition) is 1. The van der Waals surface area contributed by atoms with Crippen LogP contribution in [0.4, 0.5) is 5.69 Å². The van der Waals surface area contributed by atoms with Gasteiger partial charge in [0.2, 0.25) is 0 Å². The first-order chi connectivity index (χ1) is 16.1. The second-order valence-corrected chi connectivity index (χ2v) is 10.6. The second-order valence-electron chi connectivity index (χ2n) is 10.3. The molecule has 7 atom stereocenters. The maximum Gasteiger partial charge on any atom is 0.331 e. The molecular weight excluding hydrogens is 454 g/mol. The van der Waals surface area contributed by atoms with Crippen molar-refractivity contribution in [3.8, 4) is 0 Å². The number of rotatable bonds is 10. The van der Waals surface area contributed by atoms with E-state index in [0.717, 1.165) is 17.7 Å². The van der Waals surface area contributed by atoms with Crippen molar-refractivity contribution < 1.29 is 24.1 Å². The van der Waals surface area contributed by atoms with Crippen LogP contribution in [-0.2, 0) is 19.0 Å². The van der Waals surface area contributed by atoms with Gasteiger partial charge in [0.15, 0.2) is 0 Å². The average Bonchev–Trinajstić information content (AvgIpc) is 3.51. The van der Waals surface area contributed by atoms with Gasteiger partial charge in [0.05, 0.1) is 29.8 Å². The number of benzene rings is 1. The van der Waals surface area contributed by atoms with E-state index in [-0.39, 0.29) is 35.8 Å². The first kappa shape index (κ1) is 27.0. The summed E-state index contributed by atoms with van der Waals surface area (Å²) in [6.07, 6.45) is 4.51. The maximum atomic E-state index is 12.7. The number of esters is 1. The Morgan fingerprint density at radius 1 is 1.32 bits per heavy atom. The van der Waals surface area contributed by atoms with Gasteiger partial charge in [-0.05, 0) is 61.8 Å². The Balaban J connectivity index is 1.74. The number of aliphatic hydroxyl groups is 1. The molecule has 2 fully saturated rings. The van der Waals surface area contributed by atoms with Crippen molar-refractivity contribution in [1.29, 1.82) is 0 Å². The summed E-state index contributed by atoms with van der Waals surface area (Å²) in [5, 5.41) is 11.5. The van der Waals surface area contributed by atoms with Gasteiger partial charge in [-0.2, -0.15) is 0 Å². The van der Waals surface area contributed by atoms with Crippen molar-refractivity contribution in [3.05, 3.63) is 35.9 Å². The van der Waals surface area contributed by atoms with Crippen molar-refractivity contribution in [2.45, 2.75) is 70.1 Å². The van der Waals surface area contributed by atoms with Crippen LogP contribution in [0.25, 0.3) is 6.08 Å². The van der Waals surface area contributed by atoms with E-state index in [1.54, 1.807) is 13.2 Å². The van der Waals surface area contributed by atoms with E-state index in [2.05, 4.69) is 20.8 Å². The smallest absolute Gasteiger partial charge is 0.331 e. The molecule has 1 aromatic rings. The number of carbonyl (C=O) groups excluding carboxylic acids is 1. The number of nitrogens with zero attached hydrogens (tertiary/aromatic N) is 1. The highest BCUT2D eigenvalue weighted by Gasteiger charge is 2.54. The Morgan fingerprint density at radius 3 is 2.47 bits per heavy atom. The first-order valence-electron chi connectivity index (χ1n) is 12.2. The van der Waals surface area contributed by atoms with Gasteiger partial charge in [-0.25, -0.2) is 4.79 Å². The molecule has 190 valence electrons. The molecule has 3 rings (SSSR count). The third-order valence-corrected chi connectivity index (χ3v) is 7.92. The molecule has 34 heavy (non-hydrogen) atoms. The summed E-state index contributed by atoms with van der Waals surface area (Å²) >= 11 is 6.31. The van der Waals surface area contributed by atoms with E-state index >= 15 is 0 Å². The highest BCUT2D eigenvalue weighted by molar-refractivity contribution is 6.18. The Kier molecular flexibility index (Phi) is 9.07. The van der Waals surface area contributed by atoms with Crippen LogP contribution in [0.15, 0.2) is 30.3 Å². The van der Waals surface area contributed by atoms with E-state index in [9.17, 15) is 9.90 Å². The Labute approximate surface area is 209 Å². The maximum absolute atomic E-state index is 12.7. The van der Waals surface area contributed by atoms with Crippen LogP contribution in [0, 0.1) is 17.8 Å². The lowest BCUT2D eigenvalue weighted by Crippen LogP contribution is -2.59. The highest BCUT2D eigenvalue weighted by Crippen LogP contribution is 2.47. The number of alkyl halides is 1. The van der Waals surface area contributed by atoms with Gasteiger partial charge < -0.3 is 24.2 Å². The molecule has 1 saturated carbocycles. The summed E-state index contributed by atoms with van der Waals surface area (Å²) in [4.78, 5) is 14.7. The highest BCUT2D eigenvalue weighted by atomic mass is 35.5. The molecule has 0 radical (unpaired) electrons. The zero-order chi connectivity index (χ0) is 25.0. The Bertz CT molecular complexity index is 842. The summed E-state index contributed by atoms with van der Waals surface area (Å²) in [7, 11) is 5.59. The van der Waals surface area contributed by atoms with Crippen LogP contribution in [0.5, 0.6) is 0 Å². The van der Waals surface area contributed by atoms with Gasteiger partial charge in [0.25, 0.3) is 0 Å². The van der Waals surface area contributed by atoms with E-state index < -0.39 is 23.8 Å². The third-order valence-electron chi connectivity index (χ3n) is 7.45. The topological polar surface area (TPSA) is 71.5 Å². The summed E-state index contributed by atoms with van der Waals surface area (Å²) in [6, 6.07) is 7.92. The Hall–Kier alpha value is -1.60. The monoisotopic (exact) mass is 493 g/mol. The molecule has 2 aliphatic rings. The lowest BCUT2D eigenvalue weighted by molar-refractivity contribution is -0.192. The van der Waals surface area contributed by atoms with Crippen LogP contribution in [-0.4, -0.2) is 68.2 Å². The zero-order valence-corrected chi connectivity index (χ0v) is 22.0. The minimum atomic E-state index is -1.08. The van der Waals surface area contributed by atoms with Crippen molar-refractivity contribution in [1.82, 2.24) is 0 Å². The van der Waals surface area contributed by atoms with Gasteiger partial charge >= 0.3 is 5.97 Å². The fraction of sp³-hybridized carbons (Fsp3) is 0.667. The fourth-order valence-electron chi connectivity index (χ4n) is 5.30. The van der Waals surface area contributed by atoms with Crippen molar-refractivity contribution >= 4 is 29.3 Å². The van der Waals surface area contributed by atoms with Crippen LogP contribution < -0.4 is 4.90 Å². The number of methoxy groups -OCH3 is 1. The summed E-state index contributed by atoms with van der Waals surface area (Å²) in [5.41, 5.74) is 0.929. The number of hydrogen-bond acceptors (Lipinski definition) is 6.